The number of thioether (sulfide) groups is 1. The highest BCUT2D eigenvalue weighted by atomic mass is 32.2. The van der Waals surface area contributed by atoms with Crippen LogP contribution in [-0.2, 0) is 66.4 Å². The molecule has 2 fully saturated rings. The van der Waals surface area contributed by atoms with E-state index in [9.17, 15) is 14.4 Å². The third-order valence-electron chi connectivity index (χ3n) is 8.93. The fraction of sp³-hybridized carbons (Fsp3) is 0.925. The van der Waals surface area contributed by atoms with Gasteiger partial charge in [-0.3, -0.25) is 9.59 Å². The number of nitrogens with two attached hydrogens (primary N) is 1. The molecule has 2 aliphatic heterocycles. The summed E-state index contributed by atoms with van der Waals surface area (Å²) in [4.78, 5) is 35.0. The van der Waals surface area contributed by atoms with Crippen LogP contribution in [0.4, 0.5) is 4.79 Å². The monoisotopic (exact) mass is 885 g/mol. The summed E-state index contributed by atoms with van der Waals surface area (Å²) in [5.74, 6) is 1.18. The van der Waals surface area contributed by atoms with Gasteiger partial charge in [0, 0.05) is 36.8 Å². The molecule has 0 bridgehead atoms. The lowest BCUT2D eigenvalue weighted by molar-refractivity contribution is -0.121. The van der Waals surface area contributed by atoms with Crippen molar-refractivity contribution in [1.29, 1.82) is 0 Å². The third-order valence-corrected chi connectivity index (χ3v) is 10.4. The maximum Gasteiger partial charge on any atom is 0.315 e. The van der Waals surface area contributed by atoms with Crippen LogP contribution in [0.5, 0.6) is 0 Å². The Hall–Kier alpha value is -1.76. The number of hydrogen-bond donors (Lipinski definition) is 4. The molecule has 60 heavy (non-hydrogen) atoms. The van der Waals surface area contributed by atoms with Gasteiger partial charge in [-0.1, -0.05) is 6.42 Å². The minimum absolute atomic E-state index is 0.0399. The van der Waals surface area contributed by atoms with Crippen LogP contribution >= 0.6 is 11.8 Å². The molecule has 0 radical (unpaired) electrons. The normalized spacial score (nSPS) is 17.2. The summed E-state index contributed by atoms with van der Waals surface area (Å²) < 4.78 is 65.8. The number of carbonyl (C=O) groups is 3. The number of nitrogens with one attached hydrogen (secondary N) is 3. The first-order chi connectivity index (χ1) is 29.6. The van der Waals surface area contributed by atoms with Crippen molar-refractivity contribution >= 4 is 29.5 Å². The molecule has 2 saturated heterocycles. The van der Waals surface area contributed by atoms with Gasteiger partial charge in [0.1, 0.15) is 5.78 Å². The molecule has 0 spiro atoms. The Labute approximate surface area is 361 Å². The van der Waals surface area contributed by atoms with Crippen molar-refractivity contribution in [3.05, 3.63) is 0 Å². The minimum Gasteiger partial charge on any atom is -0.379 e. The smallest absolute Gasteiger partial charge is 0.315 e. The highest BCUT2D eigenvalue weighted by molar-refractivity contribution is 8.00. The van der Waals surface area contributed by atoms with E-state index in [2.05, 4.69) is 16.0 Å². The lowest BCUT2D eigenvalue weighted by atomic mass is 10.0. The zero-order chi connectivity index (χ0) is 42.8. The molecule has 20 heteroatoms. The van der Waals surface area contributed by atoms with E-state index >= 15 is 0 Å². The number of urea groups is 1. The first kappa shape index (κ1) is 54.4. The molecule has 2 rings (SSSR count). The van der Waals surface area contributed by atoms with Crippen LogP contribution in [0.3, 0.4) is 0 Å². The van der Waals surface area contributed by atoms with E-state index in [4.69, 9.17) is 62.6 Å². The van der Waals surface area contributed by atoms with Crippen molar-refractivity contribution in [2.45, 2.75) is 62.3 Å². The molecular weight excluding hydrogens is 809 g/mol. The summed E-state index contributed by atoms with van der Waals surface area (Å²) in [6.07, 6.45) is 4.99. The Morgan fingerprint density at radius 3 is 1.33 bits per heavy atom. The Bertz CT molecular complexity index is 1030. The maximum atomic E-state index is 12.1. The van der Waals surface area contributed by atoms with Gasteiger partial charge in [-0.15, -0.1) is 0 Å². The minimum atomic E-state index is -0.0630. The lowest BCUT2D eigenvalue weighted by Crippen LogP contribution is -2.36. The van der Waals surface area contributed by atoms with Crippen molar-refractivity contribution in [2.75, 3.05) is 177 Å². The number of amides is 3. The number of rotatable bonds is 47. The third kappa shape index (κ3) is 32.9. The van der Waals surface area contributed by atoms with E-state index in [1.54, 1.807) is 0 Å². The average Bonchev–Trinajstić information content (AvgIpc) is 3.81. The van der Waals surface area contributed by atoms with E-state index in [1.165, 1.54) is 0 Å². The zero-order valence-electron chi connectivity index (χ0n) is 35.9. The second kappa shape index (κ2) is 41.3. The lowest BCUT2D eigenvalue weighted by Gasteiger charge is -2.16. The van der Waals surface area contributed by atoms with Crippen molar-refractivity contribution in [2.24, 2.45) is 5.73 Å². The molecule has 19 nitrogen and oxygen atoms in total. The number of Topliss-reactive ketones (excluding diaryl/α,β-unsaturated/α-hetero) is 1. The Morgan fingerprint density at radius 2 is 0.917 bits per heavy atom. The van der Waals surface area contributed by atoms with Crippen LogP contribution in [0.2, 0.25) is 0 Å². The summed E-state index contributed by atoms with van der Waals surface area (Å²) in [7, 11) is 0. The van der Waals surface area contributed by atoms with Crippen molar-refractivity contribution in [1.82, 2.24) is 16.0 Å². The Balaban J connectivity index is 1.13. The molecule has 0 unspecified atom stereocenters. The van der Waals surface area contributed by atoms with Crippen molar-refractivity contribution < 1.29 is 71.2 Å². The quantitative estimate of drug-likeness (QED) is 0.0488. The van der Waals surface area contributed by atoms with E-state index in [-0.39, 0.29) is 29.8 Å². The molecule has 5 N–H and O–H groups in total. The van der Waals surface area contributed by atoms with Crippen LogP contribution in [0.15, 0.2) is 0 Å². The number of ketones is 1. The van der Waals surface area contributed by atoms with Gasteiger partial charge in [-0.2, -0.15) is 11.8 Å². The Kier molecular flexibility index (Phi) is 37.4. The fourth-order valence-corrected chi connectivity index (χ4v) is 7.30. The van der Waals surface area contributed by atoms with Gasteiger partial charge < -0.3 is 78.5 Å². The summed E-state index contributed by atoms with van der Waals surface area (Å²) in [5, 5.41) is 9.28. The van der Waals surface area contributed by atoms with Gasteiger partial charge in [0.15, 0.2) is 0 Å². The van der Waals surface area contributed by atoms with Gasteiger partial charge in [0.2, 0.25) is 5.91 Å². The fourth-order valence-electron chi connectivity index (χ4n) is 5.76. The van der Waals surface area contributed by atoms with Gasteiger partial charge in [0.05, 0.1) is 171 Å². The number of ether oxygens (including phenoxy) is 12. The van der Waals surface area contributed by atoms with E-state index in [1.807, 2.05) is 11.8 Å². The van der Waals surface area contributed by atoms with Gasteiger partial charge in [0.25, 0.3) is 0 Å². The summed E-state index contributed by atoms with van der Waals surface area (Å²) in [5.41, 5.74) is 5.39. The summed E-state index contributed by atoms with van der Waals surface area (Å²) in [6.45, 7) is 12.4. The SMILES string of the molecule is NCCCC(=O)CCOCCOCCOCCOCCOCCOCCOCCOCCOCCOCCOCCOCCNC(=O)CCCC[C@@H]1SC[C@@H]2NC(=O)N[C@@H]21. The second-order valence-electron chi connectivity index (χ2n) is 13.7. The summed E-state index contributed by atoms with van der Waals surface area (Å²) in [6, 6.07) is 0.398. The molecular formula is C40H76N4O15S. The first-order valence-corrected chi connectivity index (χ1v) is 22.7. The molecule has 0 saturated carbocycles. The van der Waals surface area contributed by atoms with E-state index in [0.29, 0.717) is 196 Å². The standard InChI is InChI=1S/C40H76N4O15S/c41-8-3-4-35(45)7-10-48-12-14-50-16-18-52-20-22-54-24-26-56-28-30-58-32-33-59-31-29-57-27-25-55-23-21-53-19-17-51-15-13-49-11-9-42-38(46)6-2-1-5-37-39-36(34-60-37)43-40(47)44-39/h36-37,39H,1-34,41H2,(H,42,46)(H2,43,44,47)/t36-,37-,39-/m0/s1. The van der Waals surface area contributed by atoms with Crippen molar-refractivity contribution in [3.8, 4) is 0 Å². The van der Waals surface area contributed by atoms with Gasteiger partial charge in [-0.05, 0) is 25.8 Å². The molecule has 0 aromatic rings. The number of carbonyl (C=O) groups excluding carboxylic acids is 3. The first-order valence-electron chi connectivity index (χ1n) is 21.7. The predicted molar refractivity (Wildman–Crippen MR) is 225 cm³/mol. The highest BCUT2D eigenvalue weighted by Gasteiger charge is 2.42. The van der Waals surface area contributed by atoms with Crippen LogP contribution in [-0.4, -0.2) is 212 Å². The second-order valence-corrected chi connectivity index (χ2v) is 15.0. The van der Waals surface area contributed by atoms with Crippen LogP contribution in [0, 0.1) is 0 Å². The molecule has 3 atom stereocenters. The number of unbranched alkanes of at least 4 members (excludes halogenated alkanes) is 1. The molecule has 2 heterocycles. The maximum absolute atomic E-state index is 12.1. The molecule has 0 aromatic carbocycles. The van der Waals surface area contributed by atoms with Crippen molar-refractivity contribution in [3.63, 3.8) is 0 Å². The largest absolute Gasteiger partial charge is 0.379 e. The number of fused-ring (bicyclic) bond motifs is 1. The molecule has 3 amide bonds. The van der Waals surface area contributed by atoms with E-state index in [0.717, 1.165) is 31.4 Å². The molecule has 2 aliphatic rings. The molecule has 0 aliphatic carbocycles. The van der Waals surface area contributed by atoms with Gasteiger partial charge >= 0.3 is 6.03 Å². The highest BCUT2D eigenvalue weighted by Crippen LogP contribution is 2.33. The van der Waals surface area contributed by atoms with Crippen LogP contribution < -0.4 is 21.7 Å². The zero-order valence-corrected chi connectivity index (χ0v) is 36.7. The summed E-state index contributed by atoms with van der Waals surface area (Å²) >= 11 is 1.90. The topological polar surface area (TPSA) is 224 Å². The average molecular weight is 885 g/mol. The molecule has 352 valence electrons. The predicted octanol–water partition coefficient (Wildman–Crippen LogP) is 0.726. The van der Waals surface area contributed by atoms with E-state index < -0.39 is 0 Å². The van der Waals surface area contributed by atoms with Crippen LogP contribution in [0.25, 0.3) is 0 Å². The molecule has 0 aromatic heterocycles. The van der Waals surface area contributed by atoms with Crippen LogP contribution in [0.1, 0.15) is 44.9 Å². The number of hydrogen-bond acceptors (Lipinski definition) is 17. The van der Waals surface area contributed by atoms with Gasteiger partial charge in [-0.25, -0.2) is 4.79 Å². The Morgan fingerprint density at radius 1 is 0.517 bits per heavy atom.